The molecule has 0 spiro atoms. The first-order valence-corrected chi connectivity index (χ1v) is 11.3. The smallest absolute Gasteiger partial charge is 0.253 e. The van der Waals surface area contributed by atoms with Crippen LogP contribution in [0.5, 0.6) is 0 Å². The normalized spacial score (nSPS) is 17.2. The molecule has 2 amide bonds. The van der Waals surface area contributed by atoms with Gasteiger partial charge in [-0.1, -0.05) is 12.1 Å². The second kappa shape index (κ2) is 8.35. The zero-order valence-corrected chi connectivity index (χ0v) is 18.5. The number of nitrogens with one attached hydrogen (secondary N) is 1. The van der Waals surface area contributed by atoms with Crippen LogP contribution in [0.15, 0.2) is 42.6 Å². The van der Waals surface area contributed by atoms with Crippen molar-refractivity contribution in [2.75, 3.05) is 31.5 Å². The van der Waals surface area contributed by atoms with E-state index >= 15 is 0 Å². The summed E-state index contributed by atoms with van der Waals surface area (Å²) in [4.78, 5) is 29.3. The molecule has 1 N–H and O–H groups in total. The van der Waals surface area contributed by atoms with Crippen LogP contribution in [-0.2, 0) is 4.79 Å². The number of carbonyl (C=O) groups excluding carboxylic acids is 2. The molecule has 0 radical (unpaired) electrons. The minimum atomic E-state index is 0.0658. The summed E-state index contributed by atoms with van der Waals surface area (Å²) < 4.78 is 1.87. The second-order valence-corrected chi connectivity index (χ2v) is 8.93. The average Bonchev–Trinajstić information content (AvgIpc) is 3.59. The number of pyridine rings is 1. The van der Waals surface area contributed by atoms with E-state index in [2.05, 4.69) is 34.3 Å². The molecule has 1 saturated carbocycles. The molecule has 8 nitrogen and oxygen atoms in total. The molecule has 3 heterocycles. The summed E-state index contributed by atoms with van der Waals surface area (Å²) in [5.74, 6) is 0.948. The van der Waals surface area contributed by atoms with Crippen molar-refractivity contribution < 1.29 is 9.59 Å². The van der Waals surface area contributed by atoms with E-state index in [1.807, 2.05) is 51.9 Å². The van der Waals surface area contributed by atoms with E-state index in [0.717, 1.165) is 50.3 Å². The zero-order valence-electron chi connectivity index (χ0n) is 18.5. The molecule has 5 rings (SSSR count). The van der Waals surface area contributed by atoms with Gasteiger partial charge in [-0.3, -0.25) is 18.9 Å². The Labute approximate surface area is 187 Å². The molecule has 1 aliphatic carbocycles. The maximum atomic E-state index is 12.9. The van der Waals surface area contributed by atoms with Crippen molar-refractivity contribution in [1.29, 1.82) is 0 Å². The number of rotatable bonds is 5. The Bertz CT molecular complexity index is 1140. The molecule has 1 aromatic carbocycles. The van der Waals surface area contributed by atoms with Gasteiger partial charge in [-0.2, -0.15) is 0 Å². The molecule has 2 aliphatic rings. The molecule has 1 aliphatic heterocycles. The van der Waals surface area contributed by atoms with Gasteiger partial charge in [-0.25, -0.2) is 0 Å². The van der Waals surface area contributed by atoms with E-state index in [4.69, 9.17) is 0 Å². The van der Waals surface area contributed by atoms with E-state index in [1.54, 1.807) is 0 Å². The van der Waals surface area contributed by atoms with Gasteiger partial charge in [0.15, 0.2) is 11.5 Å². The van der Waals surface area contributed by atoms with Gasteiger partial charge in [0.25, 0.3) is 5.91 Å². The van der Waals surface area contributed by atoms with Crippen molar-refractivity contribution in [3.05, 3.63) is 48.2 Å². The Morgan fingerprint density at radius 2 is 1.69 bits per heavy atom. The fraction of sp³-hybridized carbons (Fsp3) is 0.417. The Hall–Kier alpha value is -3.26. The Morgan fingerprint density at radius 3 is 2.34 bits per heavy atom. The largest absolute Gasteiger partial charge is 0.336 e. The number of carbonyl (C=O) groups is 2. The standard InChI is InChI=1S/C24H28N6O2/c1-16(2)28-11-13-29(14-12-28)24(32)19-7-3-17(4-8-19)22-27-26-21-10-9-20(15-30(21)22)25-23(31)18-5-6-18/h3-4,7-10,15-16,18H,5-6,11-14H2,1-2H3,(H,25,31). The molecular weight excluding hydrogens is 404 g/mol. The lowest BCUT2D eigenvalue weighted by Crippen LogP contribution is -2.50. The fourth-order valence-electron chi connectivity index (χ4n) is 4.14. The van der Waals surface area contributed by atoms with Crippen molar-refractivity contribution in [3.8, 4) is 11.4 Å². The van der Waals surface area contributed by atoms with Crippen molar-refractivity contribution in [2.45, 2.75) is 32.7 Å². The first kappa shape index (κ1) is 20.6. The number of piperazine rings is 1. The summed E-state index contributed by atoms with van der Waals surface area (Å²) >= 11 is 0. The van der Waals surface area contributed by atoms with Crippen molar-refractivity contribution >= 4 is 23.1 Å². The Balaban J connectivity index is 1.32. The topological polar surface area (TPSA) is 82.8 Å². The van der Waals surface area contributed by atoms with Crippen LogP contribution in [0.3, 0.4) is 0 Å². The zero-order chi connectivity index (χ0) is 22.2. The van der Waals surface area contributed by atoms with Crippen LogP contribution in [0, 0.1) is 5.92 Å². The van der Waals surface area contributed by atoms with Gasteiger partial charge >= 0.3 is 0 Å². The summed E-state index contributed by atoms with van der Waals surface area (Å²) in [6.07, 6.45) is 3.77. The van der Waals surface area contributed by atoms with Gasteiger partial charge in [0, 0.05) is 55.5 Å². The highest BCUT2D eigenvalue weighted by Crippen LogP contribution is 2.30. The number of hydrogen-bond donors (Lipinski definition) is 1. The van der Waals surface area contributed by atoms with E-state index < -0.39 is 0 Å². The van der Waals surface area contributed by atoms with Gasteiger partial charge in [0.1, 0.15) is 0 Å². The van der Waals surface area contributed by atoms with Crippen LogP contribution in [0.4, 0.5) is 5.69 Å². The van der Waals surface area contributed by atoms with Crippen molar-refractivity contribution in [2.24, 2.45) is 5.92 Å². The molecule has 0 atom stereocenters. The first-order chi connectivity index (χ1) is 15.5. The van der Waals surface area contributed by atoms with Crippen LogP contribution in [0.2, 0.25) is 0 Å². The lowest BCUT2D eigenvalue weighted by atomic mass is 10.1. The Morgan fingerprint density at radius 1 is 0.969 bits per heavy atom. The molecular formula is C24H28N6O2. The van der Waals surface area contributed by atoms with Crippen LogP contribution in [-0.4, -0.2) is 68.4 Å². The summed E-state index contributed by atoms with van der Waals surface area (Å²) in [6.45, 7) is 7.70. The predicted molar refractivity (Wildman–Crippen MR) is 122 cm³/mol. The first-order valence-electron chi connectivity index (χ1n) is 11.3. The Kier molecular flexibility index (Phi) is 5.38. The molecule has 3 aromatic rings. The quantitative estimate of drug-likeness (QED) is 0.670. The van der Waals surface area contributed by atoms with Crippen molar-refractivity contribution in [1.82, 2.24) is 24.4 Å². The third-order valence-corrected chi connectivity index (χ3v) is 6.34. The summed E-state index contributed by atoms with van der Waals surface area (Å²) in [5, 5.41) is 11.5. The van der Waals surface area contributed by atoms with Crippen molar-refractivity contribution in [3.63, 3.8) is 0 Å². The van der Waals surface area contributed by atoms with Gasteiger partial charge < -0.3 is 10.2 Å². The van der Waals surface area contributed by atoms with E-state index in [0.29, 0.717) is 23.1 Å². The van der Waals surface area contributed by atoms with Gasteiger partial charge in [-0.05, 0) is 51.0 Å². The fourth-order valence-corrected chi connectivity index (χ4v) is 4.14. The minimum absolute atomic E-state index is 0.0658. The molecule has 8 heteroatoms. The molecule has 2 fully saturated rings. The van der Waals surface area contributed by atoms with Gasteiger partial charge in [0.05, 0.1) is 5.69 Å². The second-order valence-electron chi connectivity index (χ2n) is 8.93. The number of hydrogen-bond acceptors (Lipinski definition) is 5. The molecule has 2 aromatic heterocycles. The van der Waals surface area contributed by atoms with Crippen LogP contribution in [0.25, 0.3) is 17.0 Å². The van der Waals surface area contributed by atoms with Crippen LogP contribution in [0.1, 0.15) is 37.0 Å². The third kappa shape index (κ3) is 4.10. The number of amides is 2. The number of benzene rings is 1. The number of aromatic nitrogens is 3. The maximum absolute atomic E-state index is 12.9. The number of fused-ring (bicyclic) bond motifs is 1. The molecule has 0 unspecified atom stereocenters. The lowest BCUT2D eigenvalue weighted by Gasteiger charge is -2.37. The third-order valence-electron chi connectivity index (χ3n) is 6.34. The number of anilines is 1. The van der Waals surface area contributed by atoms with Crippen LogP contribution >= 0.6 is 0 Å². The highest BCUT2D eigenvalue weighted by Gasteiger charge is 2.29. The SMILES string of the molecule is CC(C)N1CCN(C(=O)c2ccc(-c3nnc4ccc(NC(=O)C5CC5)cn34)cc2)CC1. The molecule has 1 saturated heterocycles. The van der Waals surface area contributed by atoms with Gasteiger partial charge in [-0.15, -0.1) is 10.2 Å². The molecule has 32 heavy (non-hydrogen) atoms. The summed E-state index contributed by atoms with van der Waals surface area (Å²) in [6, 6.07) is 11.7. The highest BCUT2D eigenvalue weighted by atomic mass is 16.2. The highest BCUT2D eigenvalue weighted by molar-refractivity contribution is 5.95. The maximum Gasteiger partial charge on any atom is 0.253 e. The number of nitrogens with zero attached hydrogens (tertiary/aromatic N) is 5. The van der Waals surface area contributed by atoms with Gasteiger partial charge in [0.2, 0.25) is 5.91 Å². The van der Waals surface area contributed by atoms with E-state index in [1.165, 1.54) is 0 Å². The predicted octanol–water partition coefficient (Wildman–Crippen LogP) is 2.91. The minimum Gasteiger partial charge on any atom is -0.336 e. The molecule has 0 bridgehead atoms. The monoisotopic (exact) mass is 432 g/mol. The lowest BCUT2D eigenvalue weighted by molar-refractivity contribution is -0.117. The van der Waals surface area contributed by atoms with E-state index in [-0.39, 0.29) is 17.7 Å². The van der Waals surface area contributed by atoms with Crippen LogP contribution < -0.4 is 5.32 Å². The van der Waals surface area contributed by atoms with E-state index in [9.17, 15) is 9.59 Å². The summed E-state index contributed by atoms with van der Waals surface area (Å²) in [5.41, 5.74) is 2.97. The molecule has 166 valence electrons. The summed E-state index contributed by atoms with van der Waals surface area (Å²) in [7, 11) is 0. The average molecular weight is 433 g/mol.